The van der Waals surface area contributed by atoms with Gasteiger partial charge in [-0.3, -0.25) is 0 Å². The highest BCUT2D eigenvalue weighted by Crippen LogP contribution is 2.28. The molecule has 1 saturated carbocycles. The quantitative estimate of drug-likeness (QED) is 0.642. The largest absolute Gasteiger partial charge is 0.381 e. The Balaban J connectivity index is 1.59. The molecule has 0 aromatic rings. The molecule has 19 heavy (non-hydrogen) atoms. The van der Waals surface area contributed by atoms with E-state index in [-0.39, 0.29) is 0 Å². The lowest BCUT2D eigenvalue weighted by atomic mass is 9.95. The Labute approximate surface area is 117 Å². The van der Waals surface area contributed by atoms with E-state index in [1.165, 1.54) is 12.8 Å². The predicted molar refractivity (Wildman–Crippen MR) is 77.4 cm³/mol. The van der Waals surface area contributed by atoms with Crippen molar-refractivity contribution in [2.24, 2.45) is 11.8 Å². The lowest BCUT2D eigenvalue weighted by Gasteiger charge is -2.34. The zero-order valence-corrected chi connectivity index (χ0v) is 12.6. The second-order valence-corrected chi connectivity index (χ2v) is 6.07. The van der Waals surface area contributed by atoms with Crippen molar-refractivity contribution in [1.29, 1.82) is 0 Å². The minimum atomic E-state index is 0.613. The third kappa shape index (κ3) is 5.78. The van der Waals surface area contributed by atoms with Crippen LogP contribution in [0.4, 0.5) is 0 Å². The van der Waals surface area contributed by atoms with E-state index in [1.807, 2.05) is 0 Å². The number of likely N-dealkylation sites (N-methyl/N-ethyl adjacent to an activating group) is 1. The fourth-order valence-electron chi connectivity index (χ4n) is 2.75. The van der Waals surface area contributed by atoms with Gasteiger partial charge in [-0.25, -0.2) is 0 Å². The molecule has 0 spiro atoms. The van der Waals surface area contributed by atoms with Gasteiger partial charge in [-0.1, -0.05) is 6.92 Å². The standard InChI is InChI=1S/C15H30N2O2/c1-3-16-15-6-8-18-12-14(15)10-17(2)7-9-19-11-13-4-5-13/h13-16H,3-12H2,1-2H3. The maximum atomic E-state index is 5.70. The molecule has 2 fully saturated rings. The molecule has 0 amide bonds. The summed E-state index contributed by atoms with van der Waals surface area (Å²) in [6.07, 6.45) is 3.89. The second-order valence-electron chi connectivity index (χ2n) is 6.07. The lowest BCUT2D eigenvalue weighted by Crippen LogP contribution is -2.47. The van der Waals surface area contributed by atoms with Crippen LogP contribution >= 0.6 is 0 Å². The molecule has 0 bridgehead atoms. The summed E-state index contributed by atoms with van der Waals surface area (Å²) in [7, 11) is 2.19. The summed E-state index contributed by atoms with van der Waals surface area (Å²) in [5.74, 6) is 1.48. The van der Waals surface area contributed by atoms with E-state index in [4.69, 9.17) is 9.47 Å². The van der Waals surface area contributed by atoms with Gasteiger partial charge in [0, 0.05) is 38.3 Å². The molecule has 1 N–H and O–H groups in total. The van der Waals surface area contributed by atoms with E-state index >= 15 is 0 Å². The molecule has 0 aromatic heterocycles. The highest BCUT2D eigenvalue weighted by Gasteiger charge is 2.26. The van der Waals surface area contributed by atoms with E-state index in [1.54, 1.807) is 0 Å². The van der Waals surface area contributed by atoms with Crippen LogP contribution in [0.25, 0.3) is 0 Å². The molecule has 4 nitrogen and oxygen atoms in total. The fourth-order valence-corrected chi connectivity index (χ4v) is 2.75. The Morgan fingerprint density at radius 3 is 2.89 bits per heavy atom. The molecule has 1 aliphatic carbocycles. The van der Waals surface area contributed by atoms with Crippen molar-refractivity contribution in [2.75, 3.05) is 53.1 Å². The van der Waals surface area contributed by atoms with Crippen LogP contribution in [-0.4, -0.2) is 64.1 Å². The van der Waals surface area contributed by atoms with E-state index in [9.17, 15) is 0 Å². The average molecular weight is 270 g/mol. The first-order valence-corrected chi connectivity index (χ1v) is 7.87. The number of hydrogen-bond acceptors (Lipinski definition) is 4. The third-order valence-electron chi connectivity index (χ3n) is 4.15. The number of nitrogens with zero attached hydrogens (tertiary/aromatic N) is 1. The summed E-state index contributed by atoms with van der Waals surface area (Å²) in [6.45, 7) is 9.00. The first kappa shape index (κ1) is 15.2. The van der Waals surface area contributed by atoms with E-state index in [0.29, 0.717) is 12.0 Å². The zero-order valence-electron chi connectivity index (χ0n) is 12.6. The van der Waals surface area contributed by atoms with Crippen molar-refractivity contribution in [3.8, 4) is 0 Å². The average Bonchev–Trinajstić information content (AvgIpc) is 3.21. The molecule has 1 saturated heterocycles. The van der Waals surface area contributed by atoms with E-state index < -0.39 is 0 Å². The topological polar surface area (TPSA) is 33.7 Å². The molecule has 4 heteroatoms. The number of nitrogens with one attached hydrogen (secondary N) is 1. The summed E-state index contributed by atoms with van der Waals surface area (Å²) in [5.41, 5.74) is 0. The monoisotopic (exact) mass is 270 g/mol. The van der Waals surface area contributed by atoms with Gasteiger partial charge in [0.15, 0.2) is 0 Å². The Hall–Kier alpha value is -0.160. The number of ether oxygens (including phenoxy) is 2. The van der Waals surface area contributed by atoms with Crippen LogP contribution in [0.1, 0.15) is 26.2 Å². The van der Waals surface area contributed by atoms with Crippen LogP contribution in [0.15, 0.2) is 0 Å². The maximum absolute atomic E-state index is 5.70. The van der Waals surface area contributed by atoms with Gasteiger partial charge in [0.25, 0.3) is 0 Å². The van der Waals surface area contributed by atoms with Crippen molar-refractivity contribution in [1.82, 2.24) is 10.2 Å². The van der Waals surface area contributed by atoms with Crippen molar-refractivity contribution < 1.29 is 9.47 Å². The van der Waals surface area contributed by atoms with Gasteiger partial charge in [-0.2, -0.15) is 0 Å². The summed E-state index contributed by atoms with van der Waals surface area (Å²) in [6, 6.07) is 0.619. The van der Waals surface area contributed by atoms with Gasteiger partial charge in [-0.05, 0) is 38.8 Å². The maximum Gasteiger partial charge on any atom is 0.0593 e. The molecule has 2 unspecified atom stereocenters. The molecule has 0 aromatic carbocycles. The van der Waals surface area contributed by atoms with Gasteiger partial charge in [-0.15, -0.1) is 0 Å². The van der Waals surface area contributed by atoms with Crippen LogP contribution in [0.3, 0.4) is 0 Å². The minimum Gasteiger partial charge on any atom is -0.381 e. The van der Waals surface area contributed by atoms with Crippen LogP contribution in [0, 0.1) is 11.8 Å². The van der Waals surface area contributed by atoms with Crippen LogP contribution in [0.2, 0.25) is 0 Å². The highest BCUT2D eigenvalue weighted by molar-refractivity contribution is 4.81. The van der Waals surface area contributed by atoms with Crippen LogP contribution in [0.5, 0.6) is 0 Å². The van der Waals surface area contributed by atoms with Crippen molar-refractivity contribution in [3.05, 3.63) is 0 Å². The van der Waals surface area contributed by atoms with Gasteiger partial charge >= 0.3 is 0 Å². The Bertz CT molecular complexity index is 244. The smallest absolute Gasteiger partial charge is 0.0593 e. The van der Waals surface area contributed by atoms with Gasteiger partial charge in [0.05, 0.1) is 13.2 Å². The van der Waals surface area contributed by atoms with Crippen molar-refractivity contribution in [3.63, 3.8) is 0 Å². The molecule has 0 radical (unpaired) electrons. The Morgan fingerprint density at radius 2 is 2.16 bits per heavy atom. The molecular weight excluding hydrogens is 240 g/mol. The molecule has 2 atom stereocenters. The van der Waals surface area contributed by atoms with E-state index in [2.05, 4.69) is 24.2 Å². The Morgan fingerprint density at radius 1 is 1.32 bits per heavy atom. The molecule has 2 aliphatic rings. The molecule has 1 aliphatic heterocycles. The third-order valence-corrected chi connectivity index (χ3v) is 4.15. The molecule has 112 valence electrons. The first-order valence-electron chi connectivity index (χ1n) is 7.87. The lowest BCUT2D eigenvalue weighted by molar-refractivity contribution is 0.0157. The van der Waals surface area contributed by atoms with Gasteiger partial charge in [0.2, 0.25) is 0 Å². The number of rotatable bonds is 9. The Kier molecular flexibility index (Phi) is 6.57. The predicted octanol–water partition coefficient (Wildman–Crippen LogP) is 1.36. The van der Waals surface area contributed by atoms with Crippen LogP contribution < -0.4 is 5.32 Å². The fraction of sp³-hybridized carbons (Fsp3) is 1.00. The minimum absolute atomic E-state index is 0.613. The highest BCUT2D eigenvalue weighted by atomic mass is 16.5. The summed E-state index contributed by atoms with van der Waals surface area (Å²) >= 11 is 0. The van der Waals surface area contributed by atoms with Crippen molar-refractivity contribution in [2.45, 2.75) is 32.2 Å². The first-order chi connectivity index (χ1) is 9.29. The normalized spacial score (nSPS) is 27.9. The second kappa shape index (κ2) is 8.20. The zero-order chi connectivity index (χ0) is 13.5. The van der Waals surface area contributed by atoms with Gasteiger partial charge < -0.3 is 19.7 Å². The SMILES string of the molecule is CCNC1CCOCC1CN(C)CCOCC1CC1. The summed E-state index contributed by atoms with van der Waals surface area (Å²) in [4.78, 5) is 2.39. The van der Waals surface area contributed by atoms with Crippen molar-refractivity contribution >= 4 is 0 Å². The molecular formula is C15H30N2O2. The number of hydrogen-bond donors (Lipinski definition) is 1. The molecule has 2 rings (SSSR count). The van der Waals surface area contributed by atoms with Gasteiger partial charge in [0.1, 0.15) is 0 Å². The summed E-state index contributed by atoms with van der Waals surface area (Å²) < 4.78 is 11.3. The van der Waals surface area contributed by atoms with Crippen LogP contribution in [-0.2, 0) is 9.47 Å². The summed E-state index contributed by atoms with van der Waals surface area (Å²) in [5, 5.41) is 3.59. The molecule has 1 heterocycles. The van der Waals surface area contributed by atoms with E-state index in [0.717, 1.165) is 58.4 Å².